The van der Waals surface area contributed by atoms with Crippen LogP contribution in [-0.4, -0.2) is 70.0 Å². The molecule has 1 aromatic heterocycles. The summed E-state index contributed by atoms with van der Waals surface area (Å²) in [6, 6.07) is -0.435. The summed E-state index contributed by atoms with van der Waals surface area (Å²) in [7, 11) is 3.39. The zero-order valence-electron chi connectivity index (χ0n) is 13.3. The summed E-state index contributed by atoms with van der Waals surface area (Å²) in [6.45, 7) is 0.657. The Labute approximate surface area is 139 Å². The van der Waals surface area contributed by atoms with Crippen LogP contribution in [0.1, 0.15) is 23.3 Å². The zero-order chi connectivity index (χ0) is 16.4. The van der Waals surface area contributed by atoms with Gasteiger partial charge < -0.3 is 14.5 Å². The van der Waals surface area contributed by atoms with Gasteiger partial charge in [0.2, 0.25) is 11.8 Å². The molecule has 1 saturated heterocycles. The summed E-state index contributed by atoms with van der Waals surface area (Å²) in [6.07, 6.45) is 5.31. The largest absolute Gasteiger partial charge is 0.476 e. The van der Waals surface area contributed by atoms with Crippen LogP contribution in [0.2, 0.25) is 0 Å². The minimum Gasteiger partial charge on any atom is -0.476 e. The number of likely N-dealkylation sites (N-methyl/N-ethyl adjacent to an activating group) is 1. The normalized spacial score (nSPS) is 20.4. The van der Waals surface area contributed by atoms with E-state index in [2.05, 4.69) is 9.97 Å². The lowest BCUT2D eigenvalue weighted by molar-refractivity contribution is -0.132. The van der Waals surface area contributed by atoms with E-state index < -0.39 is 6.04 Å². The van der Waals surface area contributed by atoms with Crippen LogP contribution in [-0.2, 0) is 4.79 Å². The number of aromatic nitrogens is 2. The molecule has 7 nitrogen and oxygen atoms in total. The number of hydrogen-bond donors (Lipinski definition) is 0. The van der Waals surface area contributed by atoms with Crippen LogP contribution in [0.3, 0.4) is 0 Å². The maximum absolute atomic E-state index is 12.6. The molecular formula is C15H20N4O3S. The molecule has 1 aliphatic carbocycles. The average molecular weight is 336 g/mol. The van der Waals surface area contributed by atoms with Crippen molar-refractivity contribution in [3.8, 4) is 5.88 Å². The highest BCUT2D eigenvalue weighted by molar-refractivity contribution is 7.99. The summed E-state index contributed by atoms with van der Waals surface area (Å²) in [5.41, 5.74) is 0.239. The molecule has 0 unspecified atom stereocenters. The maximum atomic E-state index is 12.6. The molecule has 2 amide bonds. The molecule has 1 aromatic rings. The minimum absolute atomic E-state index is 0.0688. The fraction of sp³-hybridized carbons (Fsp3) is 0.600. The predicted molar refractivity (Wildman–Crippen MR) is 86.2 cm³/mol. The first-order valence-corrected chi connectivity index (χ1v) is 8.76. The van der Waals surface area contributed by atoms with Crippen LogP contribution >= 0.6 is 11.8 Å². The topological polar surface area (TPSA) is 75.6 Å². The highest BCUT2D eigenvalue weighted by Gasteiger charge is 2.36. The van der Waals surface area contributed by atoms with Crippen molar-refractivity contribution in [1.29, 1.82) is 0 Å². The van der Waals surface area contributed by atoms with E-state index >= 15 is 0 Å². The molecule has 1 aliphatic heterocycles. The Morgan fingerprint density at radius 1 is 1.35 bits per heavy atom. The van der Waals surface area contributed by atoms with E-state index in [1.54, 1.807) is 30.8 Å². The van der Waals surface area contributed by atoms with Crippen LogP contribution in [0.4, 0.5) is 0 Å². The van der Waals surface area contributed by atoms with Crippen molar-refractivity contribution in [3.63, 3.8) is 0 Å². The van der Waals surface area contributed by atoms with E-state index in [1.807, 2.05) is 0 Å². The van der Waals surface area contributed by atoms with Gasteiger partial charge in [0.25, 0.3) is 5.91 Å². The van der Waals surface area contributed by atoms with Gasteiger partial charge in [-0.15, -0.1) is 11.8 Å². The first-order chi connectivity index (χ1) is 11.1. The molecule has 23 heavy (non-hydrogen) atoms. The number of carbonyl (C=O) groups excluding carboxylic acids is 2. The lowest BCUT2D eigenvalue weighted by Gasteiger charge is -2.24. The second-order valence-corrected chi connectivity index (χ2v) is 7.02. The molecule has 2 heterocycles. The van der Waals surface area contributed by atoms with Crippen molar-refractivity contribution in [2.24, 2.45) is 5.92 Å². The van der Waals surface area contributed by atoms with Crippen LogP contribution in [0, 0.1) is 5.92 Å². The standard InChI is InChI=1S/C15H20N4O3S/c1-18(2)15(21)12-8-23-9-19(12)14(20)11-5-17-13(6-16-11)22-7-10-3-4-10/h5-6,10,12H,3-4,7-9H2,1-2H3/t12-/m0/s1. The fourth-order valence-electron chi connectivity index (χ4n) is 2.28. The van der Waals surface area contributed by atoms with E-state index in [-0.39, 0.29) is 17.5 Å². The zero-order valence-corrected chi connectivity index (χ0v) is 14.1. The van der Waals surface area contributed by atoms with Crippen molar-refractivity contribution in [2.75, 3.05) is 32.3 Å². The number of carbonyl (C=O) groups is 2. The third-order valence-corrected chi connectivity index (χ3v) is 4.89. The summed E-state index contributed by atoms with van der Waals surface area (Å²) in [5, 5.41) is 0. The van der Waals surface area contributed by atoms with Crippen molar-refractivity contribution in [2.45, 2.75) is 18.9 Å². The number of ether oxygens (including phenoxy) is 1. The number of rotatable bonds is 5. The lowest BCUT2D eigenvalue weighted by atomic mass is 10.2. The quantitative estimate of drug-likeness (QED) is 0.794. The van der Waals surface area contributed by atoms with Gasteiger partial charge >= 0.3 is 0 Å². The van der Waals surface area contributed by atoms with E-state index in [4.69, 9.17) is 4.74 Å². The molecule has 1 saturated carbocycles. The number of hydrogen-bond acceptors (Lipinski definition) is 6. The molecule has 1 atom stereocenters. The van der Waals surface area contributed by atoms with E-state index in [0.29, 0.717) is 30.0 Å². The van der Waals surface area contributed by atoms with E-state index in [9.17, 15) is 9.59 Å². The smallest absolute Gasteiger partial charge is 0.275 e. The third-order valence-electron chi connectivity index (χ3n) is 3.88. The first-order valence-electron chi connectivity index (χ1n) is 7.61. The highest BCUT2D eigenvalue weighted by Crippen LogP contribution is 2.29. The van der Waals surface area contributed by atoms with E-state index in [0.717, 1.165) is 0 Å². The van der Waals surface area contributed by atoms with Crippen LogP contribution < -0.4 is 4.74 Å². The van der Waals surface area contributed by atoms with Gasteiger partial charge in [-0.25, -0.2) is 9.97 Å². The summed E-state index contributed by atoms with van der Waals surface area (Å²) >= 11 is 1.57. The Morgan fingerprint density at radius 2 is 2.13 bits per heavy atom. The molecular weight excluding hydrogens is 316 g/mol. The van der Waals surface area contributed by atoms with Crippen LogP contribution in [0.15, 0.2) is 12.4 Å². The average Bonchev–Trinajstić information content (AvgIpc) is 3.26. The molecule has 0 radical (unpaired) electrons. The number of amides is 2. The van der Waals surface area contributed by atoms with Gasteiger partial charge in [0, 0.05) is 19.8 Å². The first kappa shape index (κ1) is 16.0. The molecule has 2 fully saturated rings. The molecule has 0 N–H and O–H groups in total. The van der Waals surface area contributed by atoms with Gasteiger partial charge in [0.15, 0.2) is 0 Å². The van der Waals surface area contributed by atoms with Crippen LogP contribution in [0.25, 0.3) is 0 Å². The molecule has 0 aromatic carbocycles. The molecule has 2 aliphatic rings. The van der Waals surface area contributed by atoms with Gasteiger partial charge in [0.1, 0.15) is 11.7 Å². The minimum atomic E-state index is -0.435. The van der Waals surface area contributed by atoms with Crippen molar-refractivity contribution in [1.82, 2.24) is 19.8 Å². The van der Waals surface area contributed by atoms with Gasteiger partial charge in [-0.2, -0.15) is 0 Å². The Hall–Kier alpha value is -1.83. The predicted octanol–water partition coefficient (Wildman–Crippen LogP) is 0.869. The lowest BCUT2D eigenvalue weighted by Crippen LogP contribution is -2.47. The Balaban J connectivity index is 1.65. The van der Waals surface area contributed by atoms with Crippen molar-refractivity contribution < 1.29 is 14.3 Å². The van der Waals surface area contributed by atoms with Crippen molar-refractivity contribution in [3.05, 3.63) is 18.1 Å². The second kappa shape index (κ2) is 6.74. The SMILES string of the molecule is CN(C)C(=O)[C@@H]1CSCN1C(=O)c1cnc(OCC2CC2)cn1. The van der Waals surface area contributed by atoms with Gasteiger partial charge in [-0.05, 0) is 18.8 Å². The molecule has 124 valence electrons. The van der Waals surface area contributed by atoms with Gasteiger partial charge in [0.05, 0.1) is 24.9 Å². The molecule has 3 rings (SSSR count). The van der Waals surface area contributed by atoms with Crippen molar-refractivity contribution >= 4 is 23.6 Å². The molecule has 8 heteroatoms. The highest BCUT2D eigenvalue weighted by atomic mass is 32.2. The molecule has 0 bridgehead atoms. The number of thioether (sulfide) groups is 1. The van der Waals surface area contributed by atoms with Gasteiger partial charge in [-0.3, -0.25) is 9.59 Å². The second-order valence-electron chi connectivity index (χ2n) is 6.02. The van der Waals surface area contributed by atoms with Crippen LogP contribution in [0.5, 0.6) is 5.88 Å². The maximum Gasteiger partial charge on any atom is 0.275 e. The molecule has 0 spiro atoms. The Morgan fingerprint density at radius 3 is 2.74 bits per heavy atom. The summed E-state index contributed by atoms with van der Waals surface area (Å²) in [5.74, 6) is 1.84. The third kappa shape index (κ3) is 3.74. The summed E-state index contributed by atoms with van der Waals surface area (Å²) < 4.78 is 5.52. The monoisotopic (exact) mass is 336 g/mol. The fourth-order valence-corrected chi connectivity index (χ4v) is 3.43. The summed E-state index contributed by atoms with van der Waals surface area (Å²) in [4.78, 5) is 36.1. The Kier molecular flexibility index (Phi) is 4.70. The van der Waals surface area contributed by atoms with E-state index in [1.165, 1.54) is 30.1 Å². The number of nitrogens with zero attached hydrogens (tertiary/aromatic N) is 4. The Bertz CT molecular complexity index is 589. The van der Waals surface area contributed by atoms with Gasteiger partial charge in [-0.1, -0.05) is 0 Å².